The highest BCUT2D eigenvalue weighted by atomic mass is 19.4. The van der Waals surface area contributed by atoms with Gasteiger partial charge in [-0.1, -0.05) is 0 Å². The molecule has 0 unspecified atom stereocenters. The molecule has 0 radical (unpaired) electrons. The topological polar surface area (TPSA) is 20.2 Å². The normalized spacial score (nSPS) is 26.5. The molecule has 1 N–H and O–H groups in total. The van der Waals surface area contributed by atoms with E-state index in [0.717, 1.165) is 0 Å². The van der Waals surface area contributed by atoms with Gasteiger partial charge >= 0.3 is 6.18 Å². The molecule has 1 saturated carbocycles. The Hall–Kier alpha value is -0.390. The summed E-state index contributed by atoms with van der Waals surface area (Å²) < 4.78 is 59.1. The Morgan fingerprint density at radius 3 is 1.92 bits per heavy atom. The lowest BCUT2D eigenvalue weighted by Crippen LogP contribution is -2.47. The molecule has 0 aromatic carbocycles. The molecule has 12 heavy (non-hydrogen) atoms. The van der Waals surface area contributed by atoms with Crippen LogP contribution in [0.5, 0.6) is 0 Å². The zero-order valence-electron chi connectivity index (χ0n) is 5.91. The molecule has 0 bridgehead atoms. The fourth-order valence-corrected chi connectivity index (χ4v) is 1.20. The lowest BCUT2D eigenvalue weighted by molar-refractivity contribution is -0.251. The molecule has 0 aliphatic heterocycles. The average Bonchev–Trinajstić information content (AvgIpc) is 1.78. The van der Waals surface area contributed by atoms with Gasteiger partial charge in [-0.25, -0.2) is 8.78 Å². The summed E-state index contributed by atoms with van der Waals surface area (Å²) in [6.07, 6.45) is -9.11. The predicted octanol–water partition coefficient (Wildman–Crippen LogP) is 1.95. The summed E-state index contributed by atoms with van der Waals surface area (Å²) >= 11 is 0. The van der Waals surface area contributed by atoms with Crippen LogP contribution < -0.4 is 0 Å². The van der Waals surface area contributed by atoms with Gasteiger partial charge in [-0.15, -0.1) is 0 Å². The van der Waals surface area contributed by atoms with Gasteiger partial charge in [0.2, 0.25) is 5.92 Å². The quantitative estimate of drug-likeness (QED) is 0.626. The molecule has 0 heterocycles. The Kier molecular flexibility index (Phi) is 2.06. The second-order valence-corrected chi connectivity index (χ2v) is 3.01. The van der Waals surface area contributed by atoms with Crippen LogP contribution in [-0.2, 0) is 0 Å². The van der Waals surface area contributed by atoms with Crippen molar-refractivity contribution in [1.29, 1.82) is 0 Å². The van der Waals surface area contributed by atoms with E-state index in [1.54, 1.807) is 0 Å². The maximum absolute atomic E-state index is 12.1. The first-order valence-electron chi connectivity index (χ1n) is 3.35. The minimum Gasteiger partial charge on any atom is -0.383 e. The van der Waals surface area contributed by atoms with Crippen molar-refractivity contribution in [1.82, 2.24) is 0 Å². The molecule has 6 heteroatoms. The maximum Gasteiger partial charge on any atom is 0.414 e. The Morgan fingerprint density at radius 2 is 1.67 bits per heavy atom. The highest BCUT2D eigenvalue weighted by molar-refractivity contribution is 4.92. The van der Waals surface area contributed by atoms with E-state index in [4.69, 9.17) is 5.11 Å². The summed E-state index contributed by atoms with van der Waals surface area (Å²) in [5.41, 5.74) is 0. The van der Waals surface area contributed by atoms with Gasteiger partial charge in [-0.05, 0) is 0 Å². The maximum atomic E-state index is 12.1. The van der Waals surface area contributed by atoms with E-state index in [1.165, 1.54) is 0 Å². The van der Waals surface area contributed by atoms with E-state index < -0.39 is 37.0 Å². The minimum absolute atomic E-state index is 0.867. The number of aliphatic hydroxyl groups excluding tert-OH is 1. The monoisotopic (exact) mass is 190 g/mol. The van der Waals surface area contributed by atoms with Crippen molar-refractivity contribution in [3.05, 3.63) is 0 Å². The van der Waals surface area contributed by atoms with Crippen LogP contribution in [0.3, 0.4) is 0 Å². The number of alkyl halides is 5. The standard InChI is InChI=1S/C6H7F5O/c7-5(8)1-3(2-5)4(12)6(9,10)11/h3-4,12H,1-2H2/t4-/m1/s1. The van der Waals surface area contributed by atoms with E-state index >= 15 is 0 Å². The fraction of sp³-hybridized carbons (Fsp3) is 1.00. The van der Waals surface area contributed by atoms with Gasteiger partial charge in [-0.3, -0.25) is 0 Å². The lowest BCUT2D eigenvalue weighted by Gasteiger charge is -2.38. The smallest absolute Gasteiger partial charge is 0.383 e. The first-order valence-corrected chi connectivity index (χ1v) is 3.35. The van der Waals surface area contributed by atoms with Crippen molar-refractivity contribution in [3.63, 3.8) is 0 Å². The third-order valence-corrected chi connectivity index (χ3v) is 1.90. The SMILES string of the molecule is O[C@H](C1CC(F)(F)C1)C(F)(F)F. The Labute approximate surface area is 65.2 Å². The zero-order chi connectivity index (χ0) is 9.57. The molecular formula is C6H7F5O. The molecule has 72 valence electrons. The second kappa shape index (κ2) is 2.55. The van der Waals surface area contributed by atoms with Crippen LogP contribution in [0, 0.1) is 5.92 Å². The third-order valence-electron chi connectivity index (χ3n) is 1.90. The molecule has 0 amide bonds. The summed E-state index contributed by atoms with van der Waals surface area (Å²) in [5, 5.41) is 8.48. The molecule has 0 saturated heterocycles. The van der Waals surface area contributed by atoms with Crippen molar-refractivity contribution in [2.45, 2.75) is 31.0 Å². The fourth-order valence-electron chi connectivity index (χ4n) is 1.20. The van der Waals surface area contributed by atoms with Crippen molar-refractivity contribution < 1.29 is 27.1 Å². The van der Waals surface area contributed by atoms with E-state index in [9.17, 15) is 22.0 Å². The highest BCUT2D eigenvalue weighted by Crippen LogP contribution is 2.47. The first-order chi connectivity index (χ1) is 5.22. The lowest BCUT2D eigenvalue weighted by atomic mass is 9.77. The first kappa shape index (κ1) is 9.70. The summed E-state index contributed by atoms with van der Waals surface area (Å²) in [6, 6.07) is 0. The third kappa shape index (κ3) is 1.85. The molecule has 1 aliphatic carbocycles. The van der Waals surface area contributed by atoms with Gasteiger partial charge in [0.25, 0.3) is 0 Å². The van der Waals surface area contributed by atoms with Gasteiger partial charge in [0.05, 0.1) is 0 Å². The zero-order valence-corrected chi connectivity index (χ0v) is 5.91. The molecule has 1 aliphatic rings. The largest absolute Gasteiger partial charge is 0.414 e. The Balaban J connectivity index is 2.43. The van der Waals surface area contributed by atoms with Crippen LogP contribution >= 0.6 is 0 Å². The van der Waals surface area contributed by atoms with Gasteiger partial charge in [0.1, 0.15) is 0 Å². The molecule has 1 atom stereocenters. The Morgan fingerprint density at radius 1 is 1.25 bits per heavy atom. The molecular weight excluding hydrogens is 183 g/mol. The average molecular weight is 190 g/mol. The number of halogens is 5. The van der Waals surface area contributed by atoms with Crippen molar-refractivity contribution in [3.8, 4) is 0 Å². The van der Waals surface area contributed by atoms with E-state index in [1.807, 2.05) is 0 Å². The Bertz CT molecular complexity index is 167. The van der Waals surface area contributed by atoms with Crippen LogP contribution in [-0.4, -0.2) is 23.3 Å². The van der Waals surface area contributed by atoms with Crippen LogP contribution in [0.2, 0.25) is 0 Å². The van der Waals surface area contributed by atoms with E-state index in [2.05, 4.69) is 0 Å². The summed E-state index contributed by atoms with van der Waals surface area (Å²) in [7, 11) is 0. The summed E-state index contributed by atoms with van der Waals surface area (Å²) in [5.74, 6) is -4.35. The van der Waals surface area contributed by atoms with Gasteiger partial charge in [0, 0.05) is 18.8 Å². The van der Waals surface area contributed by atoms with Gasteiger partial charge in [0.15, 0.2) is 6.10 Å². The van der Waals surface area contributed by atoms with Crippen molar-refractivity contribution in [2.75, 3.05) is 0 Å². The van der Waals surface area contributed by atoms with Crippen molar-refractivity contribution >= 4 is 0 Å². The number of hydrogen-bond donors (Lipinski definition) is 1. The second-order valence-electron chi connectivity index (χ2n) is 3.01. The number of aliphatic hydroxyl groups is 1. The predicted molar refractivity (Wildman–Crippen MR) is 29.7 cm³/mol. The number of hydrogen-bond acceptors (Lipinski definition) is 1. The van der Waals surface area contributed by atoms with Crippen LogP contribution in [0.4, 0.5) is 22.0 Å². The van der Waals surface area contributed by atoms with Crippen LogP contribution in [0.1, 0.15) is 12.8 Å². The number of rotatable bonds is 1. The van der Waals surface area contributed by atoms with Gasteiger partial charge in [-0.2, -0.15) is 13.2 Å². The highest BCUT2D eigenvalue weighted by Gasteiger charge is 2.55. The molecule has 1 nitrogen and oxygen atoms in total. The van der Waals surface area contributed by atoms with Crippen molar-refractivity contribution in [2.24, 2.45) is 5.92 Å². The van der Waals surface area contributed by atoms with Crippen LogP contribution in [0.15, 0.2) is 0 Å². The van der Waals surface area contributed by atoms with Gasteiger partial charge < -0.3 is 5.11 Å². The minimum atomic E-state index is -4.78. The molecule has 1 rings (SSSR count). The van der Waals surface area contributed by atoms with Crippen LogP contribution in [0.25, 0.3) is 0 Å². The summed E-state index contributed by atoms with van der Waals surface area (Å²) in [6.45, 7) is 0. The molecule has 0 aromatic rings. The van der Waals surface area contributed by atoms with E-state index in [-0.39, 0.29) is 0 Å². The van der Waals surface area contributed by atoms with E-state index in [0.29, 0.717) is 0 Å². The summed E-state index contributed by atoms with van der Waals surface area (Å²) in [4.78, 5) is 0. The molecule has 0 spiro atoms. The molecule has 1 fully saturated rings. The molecule has 0 aromatic heterocycles.